The predicted octanol–water partition coefficient (Wildman–Crippen LogP) is 3.29. The number of thiophene rings is 1. The summed E-state index contributed by atoms with van der Waals surface area (Å²) in [5, 5.41) is 9.66. The minimum atomic E-state index is -0.248. The quantitative estimate of drug-likeness (QED) is 0.769. The molecule has 0 aliphatic heterocycles. The zero-order chi connectivity index (χ0) is 13.2. The number of hydrogen-bond acceptors (Lipinski definition) is 4. The number of rotatable bonds is 3. The minimum absolute atomic E-state index is 0.248. The molecule has 3 rings (SSSR count). The van der Waals surface area contributed by atoms with Crippen molar-refractivity contribution in [3.8, 4) is 10.6 Å². The lowest BCUT2D eigenvalue weighted by Gasteiger charge is -2.00. The van der Waals surface area contributed by atoms with Gasteiger partial charge in [0, 0.05) is 11.1 Å². The number of amides is 1. The Balaban J connectivity index is 1.84. The molecule has 0 fully saturated rings. The number of H-pyrrole nitrogens is 1. The smallest absolute Gasteiger partial charge is 0.291 e. The maximum Gasteiger partial charge on any atom is 0.291 e. The zero-order valence-corrected chi connectivity index (χ0v) is 11.0. The molecule has 3 aromatic heterocycles. The molecule has 2 N–H and O–H groups in total. The molecule has 6 heteroatoms. The van der Waals surface area contributed by atoms with E-state index < -0.39 is 0 Å². The van der Waals surface area contributed by atoms with E-state index in [-0.39, 0.29) is 5.91 Å². The van der Waals surface area contributed by atoms with Crippen LogP contribution in [0.3, 0.4) is 0 Å². The van der Waals surface area contributed by atoms with Crippen molar-refractivity contribution in [3.63, 3.8) is 0 Å². The molecule has 0 aliphatic carbocycles. The Bertz CT molecular complexity index is 684. The fourth-order valence-electron chi connectivity index (χ4n) is 1.72. The van der Waals surface area contributed by atoms with Gasteiger partial charge in [0.2, 0.25) is 0 Å². The molecule has 0 saturated heterocycles. The van der Waals surface area contributed by atoms with Crippen LogP contribution in [0.5, 0.6) is 0 Å². The third-order valence-corrected chi connectivity index (χ3v) is 3.76. The second-order valence-electron chi connectivity index (χ2n) is 3.98. The number of hydrogen-bond donors (Lipinski definition) is 2. The standard InChI is InChI=1S/C13H11N3O2S/c1-8-10(15-13(17)11-3-2-6-18-11)7-12(19-8)9-4-5-14-16-9/h2-7H,1H3,(H,14,16)(H,15,17). The number of nitrogens with one attached hydrogen (secondary N) is 2. The average molecular weight is 273 g/mol. The highest BCUT2D eigenvalue weighted by molar-refractivity contribution is 7.16. The highest BCUT2D eigenvalue weighted by Crippen LogP contribution is 2.33. The lowest BCUT2D eigenvalue weighted by Crippen LogP contribution is -2.10. The Morgan fingerprint density at radius 2 is 2.37 bits per heavy atom. The van der Waals surface area contributed by atoms with Crippen molar-refractivity contribution in [1.82, 2.24) is 10.2 Å². The minimum Gasteiger partial charge on any atom is -0.459 e. The van der Waals surface area contributed by atoms with Crippen LogP contribution in [0.15, 0.2) is 41.1 Å². The number of aryl methyl sites for hydroxylation is 1. The van der Waals surface area contributed by atoms with Crippen molar-refractivity contribution in [2.75, 3.05) is 5.32 Å². The summed E-state index contributed by atoms with van der Waals surface area (Å²) in [6, 6.07) is 7.13. The Kier molecular flexibility index (Phi) is 2.92. The summed E-state index contributed by atoms with van der Waals surface area (Å²) < 4.78 is 5.06. The summed E-state index contributed by atoms with van der Waals surface area (Å²) in [5.41, 5.74) is 1.72. The van der Waals surface area contributed by atoms with Gasteiger partial charge in [-0.25, -0.2) is 0 Å². The van der Waals surface area contributed by atoms with Gasteiger partial charge in [-0.2, -0.15) is 5.10 Å². The largest absolute Gasteiger partial charge is 0.459 e. The number of carbonyl (C=O) groups is 1. The number of aromatic amines is 1. The molecular formula is C13H11N3O2S. The third kappa shape index (κ3) is 2.30. The molecule has 5 nitrogen and oxygen atoms in total. The first-order valence-corrected chi connectivity index (χ1v) is 6.51. The molecule has 3 aromatic rings. The number of anilines is 1. The maximum atomic E-state index is 11.9. The van der Waals surface area contributed by atoms with Gasteiger partial charge in [-0.3, -0.25) is 9.89 Å². The van der Waals surface area contributed by atoms with Gasteiger partial charge in [0.25, 0.3) is 5.91 Å². The number of aromatic nitrogens is 2. The third-order valence-electron chi connectivity index (χ3n) is 2.68. The van der Waals surface area contributed by atoms with Crippen LogP contribution in [0.4, 0.5) is 5.69 Å². The van der Waals surface area contributed by atoms with Crippen molar-refractivity contribution < 1.29 is 9.21 Å². The van der Waals surface area contributed by atoms with Gasteiger partial charge in [0.05, 0.1) is 22.5 Å². The van der Waals surface area contributed by atoms with Gasteiger partial charge < -0.3 is 9.73 Å². The normalized spacial score (nSPS) is 10.6. The number of furan rings is 1. The molecule has 0 aliphatic rings. The second-order valence-corrected chi connectivity index (χ2v) is 5.24. The van der Waals surface area contributed by atoms with Crippen LogP contribution in [0.2, 0.25) is 0 Å². The van der Waals surface area contributed by atoms with E-state index in [9.17, 15) is 4.79 Å². The Hall–Kier alpha value is -2.34. The summed E-state index contributed by atoms with van der Waals surface area (Å²) >= 11 is 1.59. The molecule has 0 atom stereocenters. The van der Waals surface area contributed by atoms with E-state index in [1.54, 1.807) is 29.7 Å². The lowest BCUT2D eigenvalue weighted by molar-refractivity contribution is 0.0996. The Labute approximate surface area is 113 Å². The predicted molar refractivity (Wildman–Crippen MR) is 73.3 cm³/mol. The van der Waals surface area contributed by atoms with Crippen molar-refractivity contribution in [3.05, 3.63) is 47.4 Å². The number of carbonyl (C=O) groups excluding carboxylic acids is 1. The maximum absolute atomic E-state index is 11.9. The molecule has 96 valence electrons. The number of nitrogens with zero attached hydrogens (tertiary/aromatic N) is 1. The molecule has 3 heterocycles. The summed E-state index contributed by atoms with van der Waals surface area (Å²) in [6.07, 6.45) is 3.18. The van der Waals surface area contributed by atoms with E-state index in [2.05, 4.69) is 15.5 Å². The second kappa shape index (κ2) is 4.74. The van der Waals surface area contributed by atoms with E-state index in [0.29, 0.717) is 5.76 Å². The van der Waals surface area contributed by atoms with Crippen molar-refractivity contribution in [2.24, 2.45) is 0 Å². The Morgan fingerprint density at radius 1 is 1.47 bits per heavy atom. The Morgan fingerprint density at radius 3 is 3.05 bits per heavy atom. The van der Waals surface area contributed by atoms with Crippen molar-refractivity contribution in [1.29, 1.82) is 0 Å². The van der Waals surface area contributed by atoms with Gasteiger partial charge in [0.1, 0.15) is 0 Å². The highest BCUT2D eigenvalue weighted by atomic mass is 32.1. The van der Waals surface area contributed by atoms with Crippen LogP contribution in [0.25, 0.3) is 10.6 Å². The SMILES string of the molecule is Cc1sc(-c2ccn[nH]2)cc1NC(=O)c1ccco1. The first-order chi connectivity index (χ1) is 9.24. The summed E-state index contributed by atoms with van der Waals surface area (Å²) in [4.78, 5) is 14.0. The average Bonchev–Trinajstić information content (AvgIpc) is 3.09. The van der Waals surface area contributed by atoms with Gasteiger partial charge >= 0.3 is 0 Å². The summed E-state index contributed by atoms with van der Waals surface area (Å²) in [6.45, 7) is 1.96. The molecular weight excluding hydrogens is 262 g/mol. The van der Waals surface area contributed by atoms with Crippen LogP contribution in [0.1, 0.15) is 15.4 Å². The molecule has 0 bridgehead atoms. The molecule has 0 aromatic carbocycles. The van der Waals surface area contributed by atoms with Gasteiger partial charge in [-0.1, -0.05) is 0 Å². The molecule has 0 unspecified atom stereocenters. The first-order valence-electron chi connectivity index (χ1n) is 5.69. The van der Waals surface area contributed by atoms with Crippen LogP contribution >= 0.6 is 11.3 Å². The summed E-state index contributed by atoms with van der Waals surface area (Å²) in [7, 11) is 0. The van der Waals surface area contributed by atoms with Crippen molar-refractivity contribution in [2.45, 2.75) is 6.92 Å². The van der Waals surface area contributed by atoms with E-state index in [1.165, 1.54) is 6.26 Å². The monoisotopic (exact) mass is 273 g/mol. The molecule has 0 radical (unpaired) electrons. The van der Waals surface area contributed by atoms with Crippen LogP contribution in [-0.2, 0) is 0 Å². The molecule has 0 saturated carbocycles. The molecule has 1 amide bonds. The van der Waals surface area contributed by atoms with Crippen LogP contribution in [0, 0.1) is 6.92 Å². The topological polar surface area (TPSA) is 70.9 Å². The van der Waals surface area contributed by atoms with Gasteiger partial charge in [-0.15, -0.1) is 11.3 Å². The first kappa shape index (κ1) is 11.7. The zero-order valence-electron chi connectivity index (χ0n) is 10.1. The molecule has 0 spiro atoms. The van der Waals surface area contributed by atoms with E-state index in [0.717, 1.165) is 21.1 Å². The fraction of sp³-hybridized carbons (Fsp3) is 0.0769. The van der Waals surface area contributed by atoms with Crippen molar-refractivity contribution >= 4 is 22.9 Å². The van der Waals surface area contributed by atoms with Crippen LogP contribution in [-0.4, -0.2) is 16.1 Å². The highest BCUT2D eigenvalue weighted by Gasteiger charge is 2.13. The summed E-state index contributed by atoms with van der Waals surface area (Å²) in [5.74, 6) is 0.0516. The van der Waals surface area contributed by atoms with E-state index in [1.807, 2.05) is 19.1 Å². The van der Waals surface area contributed by atoms with Gasteiger partial charge in [-0.05, 0) is 31.2 Å². The van der Waals surface area contributed by atoms with Gasteiger partial charge in [0.15, 0.2) is 5.76 Å². The van der Waals surface area contributed by atoms with E-state index >= 15 is 0 Å². The van der Waals surface area contributed by atoms with Crippen LogP contribution < -0.4 is 5.32 Å². The lowest BCUT2D eigenvalue weighted by atomic mass is 10.3. The fourth-order valence-corrected chi connectivity index (χ4v) is 2.67. The van der Waals surface area contributed by atoms with E-state index in [4.69, 9.17) is 4.42 Å². The molecule has 19 heavy (non-hydrogen) atoms.